The molecule has 0 N–H and O–H groups in total. The van der Waals surface area contributed by atoms with E-state index >= 15 is 0 Å². The zero-order chi connectivity index (χ0) is 16.1. The number of benzene rings is 3. The number of carbonyl (C=O) groups excluding carboxylic acids is 1. The molecule has 2 nitrogen and oxygen atoms in total. The number of carbonyl (C=O) groups is 1. The van der Waals surface area contributed by atoms with Crippen LogP contribution in [0.1, 0.15) is 12.5 Å². The minimum Gasteiger partial charge on any atom is -0.458 e. The topological polar surface area (TPSA) is 26.3 Å². The number of esters is 1. The van der Waals surface area contributed by atoms with Crippen molar-refractivity contribution in [2.24, 2.45) is 0 Å². The van der Waals surface area contributed by atoms with Crippen molar-refractivity contribution in [3.63, 3.8) is 0 Å². The number of hydrogen-bond acceptors (Lipinski definition) is 2. The second kappa shape index (κ2) is 6.93. The predicted octanol–water partition coefficient (Wildman–Crippen LogP) is 5.13. The Morgan fingerprint density at radius 3 is 2.48 bits per heavy atom. The van der Waals surface area contributed by atoms with Crippen LogP contribution < -0.4 is 0 Å². The number of hydrogen-bond donors (Lipinski definition) is 0. The van der Waals surface area contributed by atoms with Gasteiger partial charge < -0.3 is 4.74 Å². The third-order valence-electron chi connectivity index (χ3n) is 3.77. The van der Waals surface area contributed by atoms with Crippen LogP contribution in [0, 0.1) is 0 Å². The Kier molecular flexibility index (Phi) is 4.53. The minimum absolute atomic E-state index is 0.266. The zero-order valence-electron chi connectivity index (χ0n) is 13.0. The molecule has 0 aliphatic carbocycles. The highest BCUT2D eigenvalue weighted by molar-refractivity contribution is 5.97. The van der Waals surface area contributed by atoms with E-state index in [1.807, 2.05) is 30.3 Å². The second-order valence-corrected chi connectivity index (χ2v) is 5.29. The molecule has 2 heteroatoms. The van der Waals surface area contributed by atoms with Gasteiger partial charge in [0.25, 0.3) is 0 Å². The monoisotopic (exact) mass is 302 g/mol. The lowest BCUT2D eigenvalue weighted by molar-refractivity contribution is -0.138. The minimum atomic E-state index is -0.319. The van der Waals surface area contributed by atoms with Gasteiger partial charge >= 0.3 is 5.97 Å². The van der Waals surface area contributed by atoms with E-state index in [-0.39, 0.29) is 12.6 Å². The van der Waals surface area contributed by atoms with Crippen LogP contribution in [-0.2, 0) is 16.1 Å². The van der Waals surface area contributed by atoms with Crippen LogP contribution >= 0.6 is 0 Å². The molecular weight excluding hydrogens is 284 g/mol. The summed E-state index contributed by atoms with van der Waals surface area (Å²) in [6.45, 7) is 2.06. The first-order chi connectivity index (χ1) is 11.3. The molecule has 0 spiro atoms. The summed E-state index contributed by atoms with van der Waals surface area (Å²) in [5.74, 6) is -0.319. The van der Waals surface area contributed by atoms with Crippen LogP contribution in [0.25, 0.3) is 21.9 Å². The molecule has 0 unspecified atom stereocenters. The molecule has 3 aromatic rings. The molecule has 0 heterocycles. The average molecular weight is 302 g/mol. The van der Waals surface area contributed by atoms with Gasteiger partial charge in [0.2, 0.25) is 0 Å². The molecule has 23 heavy (non-hydrogen) atoms. The van der Waals surface area contributed by atoms with Crippen molar-refractivity contribution in [3.05, 3.63) is 84.4 Å². The van der Waals surface area contributed by atoms with Gasteiger partial charge in [-0.3, -0.25) is 0 Å². The largest absolute Gasteiger partial charge is 0.458 e. The lowest BCUT2D eigenvalue weighted by atomic mass is 9.95. The molecule has 0 aliphatic heterocycles. The highest BCUT2D eigenvalue weighted by Crippen LogP contribution is 2.31. The molecule has 3 aromatic carbocycles. The van der Waals surface area contributed by atoms with Gasteiger partial charge in [-0.25, -0.2) is 4.79 Å². The molecule has 0 saturated carbocycles. The van der Waals surface area contributed by atoms with E-state index < -0.39 is 0 Å². The van der Waals surface area contributed by atoms with Crippen molar-refractivity contribution in [2.45, 2.75) is 13.5 Å². The fourth-order valence-corrected chi connectivity index (χ4v) is 2.70. The van der Waals surface area contributed by atoms with Gasteiger partial charge in [0.05, 0.1) is 0 Å². The van der Waals surface area contributed by atoms with Crippen molar-refractivity contribution >= 4 is 16.7 Å². The standard InChI is InChI=1S/C21H18O2/c1-2-8-21(22)23-15-17-10-4-6-13-19(17)20-14-7-11-16-9-3-5-12-18(16)20/h2-14H,15H2,1H3. The SMILES string of the molecule is CC=CC(=O)OCc1ccccc1-c1cccc2ccccc12. The summed E-state index contributed by atoms with van der Waals surface area (Å²) in [6, 6.07) is 22.6. The van der Waals surface area contributed by atoms with Gasteiger partial charge in [-0.2, -0.15) is 0 Å². The Balaban J connectivity index is 2.01. The third kappa shape index (κ3) is 3.32. The number of ether oxygens (including phenoxy) is 1. The molecule has 0 saturated heterocycles. The van der Waals surface area contributed by atoms with Gasteiger partial charge in [0, 0.05) is 6.08 Å². The Morgan fingerprint density at radius 2 is 1.61 bits per heavy atom. The molecule has 0 fully saturated rings. The van der Waals surface area contributed by atoms with Crippen molar-refractivity contribution < 1.29 is 9.53 Å². The maximum absolute atomic E-state index is 11.6. The Labute approximate surface area is 136 Å². The smallest absolute Gasteiger partial charge is 0.330 e. The summed E-state index contributed by atoms with van der Waals surface area (Å²) in [7, 11) is 0. The fraction of sp³-hybridized carbons (Fsp3) is 0.0952. The quantitative estimate of drug-likeness (QED) is 0.493. The lowest BCUT2D eigenvalue weighted by Gasteiger charge is -2.12. The van der Waals surface area contributed by atoms with Gasteiger partial charge in [0.1, 0.15) is 6.61 Å². The summed E-state index contributed by atoms with van der Waals surface area (Å²) in [5, 5.41) is 2.40. The van der Waals surface area contributed by atoms with E-state index in [1.54, 1.807) is 13.0 Å². The Hall–Kier alpha value is -2.87. The molecule has 0 atom stereocenters. The molecule has 0 aliphatic rings. The van der Waals surface area contributed by atoms with Crippen molar-refractivity contribution in [2.75, 3.05) is 0 Å². The summed E-state index contributed by atoms with van der Waals surface area (Å²) in [4.78, 5) is 11.6. The predicted molar refractivity (Wildman–Crippen MR) is 94.0 cm³/mol. The highest BCUT2D eigenvalue weighted by Gasteiger charge is 2.09. The summed E-state index contributed by atoms with van der Waals surface area (Å²) in [5.41, 5.74) is 3.25. The van der Waals surface area contributed by atoms with Crippen LogP contribution in [0.4, 0.5) is 0 Å². The van der Waals surface area contributed by atoms with Crippen LogP contribution in [0.5, 0.6) is 0 Å². The molecular formula is C21H18O2. The first kappa shape index (κ1) is 15.0. The highest BCUT2D eigenvalue weighted by atomic mass is 16.5. The molecule has 3 rings (SSSR count). The maximum atomic E-state index is 11.6. The zero-order valence-corrected chi connectivity index (χ0v) is 13.0. The third-order valence-corrected chi connectivity index (χ3v) is 3.77. The van der Waals surface area contributed by atoms with Gasteiger partial charge in [-0.15, -0.1) is 0 Å². The first-order valence-electron chi connectivity index (χ1n) is 7.65. The number of rotatable bonds is 4. The van der Waals surface area contributed by atoms with Crippen LogP contribution in [0.3, 0.4) is 0 Å². The molecule has 0 aromatic heterocycles. The summed E-state index contributed by atoms with van der Waals surface area (Å²) >= 11 is 0. The van der Waals surface area contributed by atoms with E-state index in [4.69, 9.17) is 4.74 Å². The Bertz CT molecular complexity index is 857. The summed E-state index contributed by atoms with van der Waals surface area (Å²) < 4.78 is 5.32. The molecule has 0 radical (unpaired) electrons. The first-order valence-corrected chi connectivity index (χ1v) is 7.65. The van der Waals surface area contributed by atoms with E-state index in [0.717, 1.165) is 16.7 Å². The lowest BCUT2D eigenvalue weighted by Crippen LogP contribution is -2.02. The van der Waals surface area contributed by atoms with Gasteiger partial charge in [-0.1, -0.05) is 72.8 Å². The molecule has 0 bridgehead atoms. The van der Waals surface area contributed by atoms with E-state index in [2.05, 4.69) is 36.4 Å². The van der Waals surface area contributed by atoms with Crippen molar-refractivity contribution in [1.82, 2.24) is 0 Å². The van der Waals surface area contributed by atoms with Crippen LogP contribution in [0.15, 0.2) is 78.9 Å². The normalized spacial score (nSPS) is 11.0. The molecule has 114 valence electrons. The van der Waals surface area contributed by atoms with E-state index in [0.29, 0.717) is 0 Å². The van der Waals surface area contributed by atoms with Gasteiger partial charge in [0.15, 0.2) is 0 Å². The van der Waals surface area contributed by atoms with Crippen LogP contribution in [-0.4, -0.2) is 5.97 Å². The van der Waals surface area contributed by atoms with Crippen molar-refractivity contribution in [1.29, 1.82) is 0 Å². The second-order valence-electron chi connectivity index (χ2n) is 5.29. The molecule has 0 amide bonds. The van der Waals surface area contributed by atoms with Crippen molar-refractivity contribution in [3.8, 4) is 11.1 Å². The summed E-state index contributed by atoms with van der Waals surface area (Å²) in [6.07, 6.45) is 3.11. The number of fused-ring (bicyclic) bond motifs is 1. The maximum Gasteiger partial charge on any atom is 0.330 e. The average Bonchev–Trinajstić information content (AvgIpc) is 2.60. The van der Waals surface area contributed by atoms with E-state index in [1.165, 1.54) is 16.8 Å². The van der Waals surface area contributed by atoms with E-state index in [9.17, 15) is 4.79 Å². The van der Waals surface area contributed by atoms with Gasteiger partial charge in [-0.05, 0) is 34.4 Å². The fourth-order valence-electron chi connectivity index (χ4n) is 2.70. The van der Waals surface area contributed by atoms with Crippen LogP contribution in [0.2, 0.25) is 0 Å². The Morgan fingerprint density at radius 1 is 0.913 bits per heavy atom. The number of allylic oxidation sites excluding steroid dienone is 1.